The van der Waals surface area contributed by atoms with Crippen LogP contribution in [0.15, 0.2) is 41.8 Å². The van der Waals surface area contributed by atoms with E-state index in [4.69, 9.17) is 12.2 Å². The lowest BCUT2D eigenvalue weighted by atomic mass is 10.2. The molecule has 1 amide bonds. The molecule has 0 unspecified atom stereocenters. The van der Waals surface area contributed by atoms with E-state index in [1.807, 2.05) is 16.3 Å². The van der Waals surface area contributed by atoms with Crippen molar-refractivity contribution in [1.82, 2.24) is 4.90 Å². The Morgan fingerprint density at radius 1 is 1.23 bits per heavy atom. The van der Waals surface area contributed by atoms with Gasteiger partial charge in [-0.05, 0) is 47.9 Å². The topological polar surface area (TPSA) is 23.6 Å². The third-order valence-corrected chi connectivity index (χ3v) is 6.56. The quantitative estimate of drug-likeness (QED) is 0.772. The summed E-state index contributed by atoms with van der Waals surface area (Å²) in [6.07, 6.45) is 0. The highest BCUT2D eigenvalue weighted by Crippen LogP contribution is 2.47. The van der Waals surface area contributed by atoms with Crippen LogP contribution in [-0.4, -0.2) is 27.7 Å². The number of halogens is 1. The smallest absolute Gasteiger partial charge is 0.257 e. The van der Waals surface area contributed by atoms with Crippen molar-refractivity contribution in [3.63, 3.8) is 0 Å². The van der Waals surface area contributed by atoms with Crippen molar-refractivity contribution < 1.29 is 9.18 Å². The molecule has 4 rings (SSSR count). The molecular weight excluding hydrogens is 339 g/mol. The predicted molar refractivity (Wildman–Crippen MR) is 91.6 cm³/mol. The van der Waals surface area contributed by atoms with Gasteiger partial charge in [0.15, 0.2) is 5.11 Å². The van der Waals surface area contributed by atoms with Gasteiger partial charge in [-0.3, -0.25) is 9.69 Å². The third-order valence-electron chi connectivity index (χ3n) is 3.79. The number of hydrogen-bond acceptors (Lipinski definition) is 4. The van der Waals surface area contributed by atoms with Crippen LogP contribution in [0, 0.1) is 5.82 Å². The molecule has 0 bridgehead atoms. The van der Waals surface area contributed by atoms with Gasteiger partial charge in [0.1, 0.15) is 17.2 Å². The molecule has 2 saturated heterocycles. The number of thiocarbonyl (C=S) groups is 1. The monoisotopic (exact) mass is 350 g/mol. The number of carbonyl (C=O) groups excluding carboxylic acids is 1. The van der Waals surface area contributed by atoms with Crippen LogP contribution in [0.1, 0.15) is 10.3 Å². The number of fused-ring (bicyclic) bond motifs is 1. The Hall–Kier alpha value is -1.44. The largest absolute Gasteiger partial charge is 0.319 e. The van der Waals surface area contributed by atoms with Gasteiger partial charge in [0.25, 0.3) is 5.91 Å². The van der Waals surface area contributed by atoms with Crippen LogP contribution in [0.25, 0.3) is 0 Å². The Morgan fingerprint density at radius 3 is 2.68 bits per heavy atom. The average Bonchev–Trinajstić information content (AvgIpc) is 3.21. The molecule has 3 nitrogen and oxygen atoms in total. The van der Waals surface area contributed by atoms with Crippen molar-refractivity contribution in [3.05, 3.63) is 52.5 Å². The highest BCUT2D eigenvalue weighted by atomic mass is 32.2. The fraction of sp³-hybridized carbons (Fsp3) is 0.200. The number of nitrogens with zero attached hydrogens (tertiary/aromatic N) is 2. The van der Waals surface area contributed by atoms with Crippen molar-refractivity contribution in [2.45, 2.75) is 11.4 Å². The Morgan fingerprint density at radius 2 is 2.00 bits per heavy atom. The number of thiophene rings is 1. The van der Waals surface area contributed by atoms with Gasteiger partial charge in [0.05, 0.1) is 5.69 Å². The summed E-state index contributed by atoms with van der Waals surface area (Å²) in [4.78, 5) is 17.4. The maximum Gasteiger partial charge on any atom is 0.257 e. The standard InChI is InChI=1S/C15H11FN2OS3/c16-9-3-5-10(6-4-9)17-13(19)11-8-22-14(18(11)15(17)20)12-2-1-7-21-12/h1-7,11,14H,8H2/t11-,14+/m0/s1. The second-order valence-corrected chi connectivity index (χ2v) is 7.51. The third kappa shape index (κ3) is 2.07. The molecule has 0 aliphatic carbocycles. The van der Waals surface area contributed by atoms with E-state index < -0.39 is 0 Å². The van der Waals surface area contributed by atoms with E-state index in [9.17, 15) is 9.18 Å². The SMILES string of the molecule is O=C1[C@@H]2CS[C@H](c3cccs3)N2C(=S)N1c1ccc(F)cc1. The molecule has 1 aromatic carbocycles. The zero-order valence-electron chi connectivity index (χ0n) is 11.3. The van der Waals surface area contributed by atoms with Gasteiger partial charge in [-0.15, -0.1) is 23.1 Å². The molecule has 2 fully saturated rings. The zero-order chi connectivity index (χ0) is 15.3. The van der Waals surface area contributed by atoms with Crippen molar-refractivity contribution in [2.24, 2.45) is 0 Å². The molecule has 1 aromatic heterocycles. The normalized spacial score (nSPS) is 24.2. The molecule has 22 heavy (non-hydrogen) atoms. The number of benzene rings is 1. The molecule has 112 valence electrons. The summed E-state index contributed by atoms with van der Waals surface area (Å²) in [6.45, 7) is 0. The number of hydrogen-bond donors (Lipinski definition) is 0. The van der Waals surface area contributed by atoms with Crippen molar-refractivity contribution in [1.29, 1.82) is 0 Å². The Kier molecular flexibility index (Phi) is 3.43. The molecule has 0 saturated carbocycles. The number of rotatable bonds is 2. The molecular formula is C15H11FN2OS3. The lowest BCUT2D eigenvalue weighted by Gasteiger charge is -2.24. The molecule has 3 heterocycles. The summed E-state index contributed by atoms with van der Waals surface area (Å²) in [7, 11) is 0. The second kappa shape index (κ2) is 5.33. The molecule has 0 spiro atoms. The molecule has 2 atom stereocenters. The first kappa shape index (κ1) is 14.2. The van der Waals surface area contributed by atoms with E-state index in [1.54, 1.807) is 35.2 Å². The van der Waals surface area contributed by atoms with Crippen LogP contribution in [0.3, 0.4) is 0 Å². The van der Waals surface area contributed by atoms with Crippen molar-refractivity contribution in [3.8, 4) is 0 Å². The van der Waals surface area contributed by atoms with Crippen LogP contribution < -0.4 is 4.90 Å². The minimum atomic E-state index is -0.325. The number of amides is 1. The number of thioether (sulfide) groups is 1. The van der Waals surface area contributed by atoms with E-state index in [1.165, 1.54) is 21.9 Å². The summed E-state index contributed by atoms with van der Waals surface area (Å²) in [6, 6.07) is 9.73. The fourth-order valence-electron chi connectivity index (χ4n) is 2.77. The lowest BCUT2D eigenvalue weighted by Crippen LogP contribution is -2.33. The van der Waals surface area contributed by atoms with Crippen LogP contribution in [-0.2, 0) is 4.79 Å². The van der Waals surface area contributed by atoms with Gasteiger partial charge in [-0.25, -0.2) is 4.39 Å². The van der Waals surface area contributed by atoms with E-state index >= 15 is 0 Å². The minimum absolute atomic E-state index is 0.0248. The Labute approximate surface area is 140 Å². The maximum absolute atomic E-state index is 13.1. The van der Waals surface area contributed by atoms with E-state index in [0.29, 0.717) is 10.8 Å². The summed E-state index contributed by atoms with van der Waals surface area (Å²) >= 11 is 8.96. The molecule has 7 heteroatoms. The maximum atomic E-state index is 13.1. The van der Waals surface area contributed by atoms with Crippen molar-refractivity contribution in [2.75, 3.05) is 10.7 Å². The Balaban J connectivity index is 1.69. The summed E-state index contributed by atoms with van der Waals surface area (Å²) in [5.74, 6) is 0.371. The van der Waals surface area contributed by atoms with Crippen LogP contribution in [0.4, 0.5) is 10.1 Å². The highest BCUT2D eigenvalue weighted by Gasteiger charge is 2.51. The fourth-order valence-corrected chi connectivity index (χ4v) is 5.65. The molecule has 0 radical (unpaired) electrons. The van der Waals surface area contributed by atoms with Gasteiger partial charge in [-0.2, -0.15) is 0 Å². The first-order valence-electron chi connectivity index (χ1n) is 6.73. The molecule has 2 aliphatic rings. The summed E-state index contributed by atoms with van der Waals surface area (Å²) in [5.41, 5.74) is 0.626. The van der Waals surface area contributed by atoms with Crippen molar-refractivity contribution >= 4 is 52.0 Å². The van der Waals surface area contributed by atoms with Gasteiger partial charge >= 0.3 is 0 Å². The van der Waals surface area contributed by atoms with E-state index in [2.05, 4.69) is 6.07 Å². The average molecular weight is 350 g/mol. The number of carbonyl (C=O) groups is 1. The van der Waals surface area contributed by atoms with Gasteiger partial charge in [0, 0.05) is 10.6 Å². The zero-order valence-corrected chi connectivity index (χ0v) is 13.8. The van der Waals surface area contributed by atoms with Gasteiger partial charge in [-0.1, -0.05) is 6.07 Å². The van der Waals surface area contributed by atoms with E-state index in [0.717, 1.165) is 5.75 Å². The predicted octanol–water partition coefficient (Wildman–Crippen LogP) is 3.63. The summed E-state index contributed by atoms with van der Waals surface area (Å²) < 4.78 is 13.1. The van der Waals surface area contributed by atoms with Gasteiger partial charge < -0.3 is 4.90 Å². The highest BCUT2D eigenvalue weighted by molar-refractivity contribution is 8.00. The van der Waals surface area contributed by atoms with Gasteiger partial charge in [0.2, 0.25) is 0 Å². The Bertz CT molecular complexity index is 732. The van der Waals surface area contributed by atoms with Crippen LogP contribution in [0.2, 0.25) is 0 Å². The van der Waals surface area contributed by atoms with Crippen LogP contribution >= 0.6 is 35.3 Å². The second-order valence-electron chi connectivity index (χ2n) is 5.06. The molecule has 2 aromatic rings. The van der Waals surface area contributed by atoms with E-state index in [-0.39, 0.29) is 23.1 Å². The summed E-state index contributed by atoms with van der Waals surface area (Å²) in [5, 5.41) is 2.62. The molecule has 2 aliphatic heterocycles. The first-order chi connectivity index (χ1) is 10.7. The molecule has 0 N–H and O–H groups in total. The van der Waals surface area contributed by atoms with Crippen LogP contribution in [0.5, 0.6) is 0 Å². The lowest BCUT2D eigenvalue weighted by molar-refractivity contribution is -0.119. The first-order valence-corrected chi connectivity index (χ1v) is 9.07. The minimum Gasteiger partial charge on any atom is -0.319 e. The number of anilines is 1.